The molecule has 8 heteroatoms. The minimum absolute atomic E-state index is 0.0267. The molecule has 1 atom stereocenters. The van der Waals surface area contributed by atoms with Crippen LogP contribution in [0.25, 0.3) is 0 Å². The van der Waals surface area contributed by atoms with Gasteiger partial charge in [-0.1, -0.05) is 24.3 Å². The van der Waals surface area contributed by atoms with Gasteiger partial charge in [0.1, 0.15) is 12.4 Å². The van der Waals surface area contributed by atoms with Crippen LogP contribution in [0.4, 0.5) is 9.18 Å². The molecular weight excluding hydrogens is 379 g/mol. The summed E-state index contributed by atoms with van der Waals surface area (Å²) in [6, 6.07) is 10.2. The third-order valence-electron chi connectivity index (χ3n) is 4.54. The monoisotopic (exact) mass is 400 g/mol. The largest absolute Gasteiger partial charge is 0.493 e. The molecule has 1 heterocycles. The SMILES string of the molecule is COC(=O)C1=C(C)NC(=O)NC1c1ccc(OCc2ccccc2F)c(OC)c1. The van der Waals surface area contributed by atoms with Crippen molar-refractivity contribution >= 4 is 12.0 Å². The molecule has 1 aliphatic heterocycles. The number of carbonyl (C=O) groups is 2. The van der Waals surface area contributed by atoms with E-state index in [1.807, 2.05) is 0 Å². The van der Waals surface area contributed by atoms with E-state index in [0.29, 0.717) is 28.3 Å². The second kappa shape index (κ2) is 8.64. The zero-order chi connectivity index (χ0) is 21.0. The number of hydrogen-bond donors (Lipinski definition) is 2. The van der Waals surface area contributed by atoms with E-state index in [1.54, 1.807) is 43.3 Å². The van der Waals surface area contributed by atoms with E-state index in [2.05, 4.69) is 10.6 Å². The molecule has 2 aromatic rings. The Morgan fingerprint density at radius 2 is 1.90 bits per heavy atom. The van der Waals surface area contributed by atoms with E-state index in [4.69, 9.17) is 14.2 Å². The molecule has 0 saturated heterocycles. The Bertz CT molecular complexity index is 973. The van der Waals surface area contributed by atoms with Crippen molar-refractivity contribution in [1.82, 2.24) is 10.6 Å². The number of halogens is 1. The number of esters is 1. The van der Waals surface area contributed by atoms with E-state index < -0.39 is 18.0 Å². The Kier molecular flexibility index (Phi) is 6.01. The van der Waals surface area contributed by atoms with Gasteiger partial charge in [-0.05, 0) is 30.7 Å². The number of methoxy groups -OCH3 is 2. The molecule has 2 N–H and O–H groups in total. The van der Waals surface area contributed by atoms with E-state index in [-0.39, 0.29) is 18.0 Å². The molecule has 0 radical (unpaired) electrons. The average Bonchev–Trinajstić information content (AvgIpc) is 2.72. The van der Waals surface area contributed by atoms with Gasteiger partial charge in [-0.3, -0.25) is 0 Å². The Labute approximate surface area is 167 Å². The van der Waals surface area contributed by atoms with Crippen LogP contribution in [0.5, 0.6) is 11.5 Å². The van der Waals surface area contributed by atoms with E-state index in [0.717, 1.165) is 0 Å². The van der Waals surface area contributed by atoms with Crippen LogP contribution in [0, 0.1) is 5.82 Å². The summed E-state index contributed by atoms with van der Waals surface area (Å²) in [5.41, 5.74) is 1.71. The topological polar surface area (TPSA) is 85.9 Å². The van der Waals surface area contributed by atoms with Crippen LogP contribution in [0.2, 0.25) is 0 Å². The molecule has 0 fully saturated rings. The number of ether oxygens (including phenoxy) is 3. The Hall–Kier alpha value is -3.55. The number of nitrogens with one attached hydrogen (secondary N) is 2. The molecule has 7 nitrogen and oxygen atoms in total. The fraction of sp³-hybridized carbons (Fsp3) is 0.238. The fourth-order valence-electron chi connectivity index (χ4n) is 3.08. The molecule has 0 bridgehead atoms. The lowest BCUT2D eigenvalue weighted by Crippen LogP contribution is -2.45. The van der Waals surface area contributed by atoms with Gasteiger partial charge in [-0.15, -0.1) is 0 Å². The lowest BCUT2D eigenvalue weighted by molar-refractivity contribution is -0.136. The van der Waals surface area contributed by atoms with E-state index in [9.17, 15) is 14.0 Å². The van der Waals surface area contributed by atoms with Crippen molar-refractivity contribution in [2.24, 2.45) is 0 Å². The van der Waals surface area contributed by atoms with Crippen LogP contribution < -0.4 is 20.1 Å². The minimum atomic E-state index is -0.717. The predicted molar refractivity (Wildman–Crippen MR) is 103 cm³/mol. The van der Waals surface area contributed by atoms with Gasteiger partial charge < -0.3 is 24.8 Å². The lowest BCUT2D eigenvalue weighted by Gasteiger charge is -2.28. The standard InChI is InChI=1S/C21H21FN2O5/c1-12-18(20(25)28-3)19(24-21(26)23-12)13-8-9-16(17(10-13)27-2)29-11-14-6-4-5-7-15(14)22/h4-10,19H,11H2,1-3H3,(H2,23,24,26). The first kappa shape index (κ1) is 20.2. The fourth-order valence-corrected chi connectivity index (χ4v) is 3.08. The van der Waals surface area contributed by atoms with Crippen molar-refractivity contribution in [3.8, 4) is 11.5 Å². The van der Waals surface area contributed by atoms with Crippen LogP contribution in [0.3, 0.4) is 0 Å². The number of hydrogen-bond acceptors (Lipinski definition) is 5. The zero-order valence-corrected chi connectivity index (χ0v) is 16.2. The molecule has 2 amide bonds. The summed E-state index contributed by atoms with van der Waals surface area (Å²) in [7, 11) is 2.74. The summed E-state index contributed by atoms with van der Waals surface area (Å²) >= 11 is 0. The maximum absolute atomic E-state index is 13.8. The summed E-state index contributed by atoms with van der Waals surface area (Å²) in [6.07, 6.45) is 0. The minimum Gasteiger partial charge on any atom is -0.493 e. The highest BCUT2D eigenvalue weighted by atomic mass is 19.1. The van der Waals surface area contributed by atoms with Gasteiger partial charge in [0.2, 0.25) is 0 Å². The van der Waals surface area contributed by atoms with Crippen molar-refractivity contribution in [3.05, 3.63) is 70.7 Å². The average molecular weight is 400 g/mol. The maximum atomic E-state index is 13.8. The van der Waals surface area contributed by atoms with Gasteiger partial charge in [0.05, 0.1) is 25.8 Å². The van der Waals surface area contributed by atoms with Crippen LogP contribution >= 0.6 is 0 Å². The summed E-state index contributed by atoms with van der Waals surface area (Å²) in [6.45, 7) is 1.65. The number of urea groups is 1. The highest BCUT2D eigenvalue weighted by molar-refractivity contribution is 5.95. The number of rotatable bonds is 6. The quantitative estimate of drug-likeness (QED) is 0.728. The first-order chi connectivity index (χ1) is 13.9. The van der Waals surface area contributed by atoms with Gasteiger partial charge in [0, 0.05) is 11.3 Å². The molecular formula is C21H21FN2O5. The van der Waals surface area contributed by atoms with Crippen LogP contribution in [0.1, 0.15) is 24.1 Å². The molecule has 0 spiro atoms. The molecule has 0 saturated carbocycles. The molecule has 2 aromatic carbocycles. The molecule has 0 aliphatic carbocycles. The van der Waals surface area contributed by atoms with Crippen LogP contribution in [-0.4, -0.2) is 26.2 Å². The Morgan fingerprint density at radius 1 is 1.14 bits per heavy atom. The van der Waals surface area contributed by atoms with Crippen LogP contribution in [-0.2, 0) is 16.1 Å². The highest BCUT2D eigenvalue weighted by Gasteiger charge is 2.32. The maximum Gasteiger partial charge on any atom is 0.337 e. The zero-order valence-electron chi connectivity index (χ0n) is 16.2. The van der Waals surface area contributed by atoms with Gasteiger partial charge in [0.15, 0.2) is 11.5 Å². The van der Waals surface area contributed by atoms with Crippen molar-refractivity contribution in [1.29, 1.82) is 0 Å². The Morgan fingerprint density at radius 3 is 2.59 bits per heavy atom. The van der Waals surface area contributed by atoms with E-state index in [1.165, 1.54) is 20.3 Å². The van der Waals surface area contributed by atoms with Crippen LogP contribution in [0.15, 0.2) is 53.7 Å². The van der Waals surface area contributed by atoms with E-state index >= 15 is 0 Å². The predicted octanol–water partition coefficient (Wildman–Crippen LogP) is 3.21. The lowest BCUT2D eigenvalue weighted by atomic mass is 9.95. The summed E-state index contributed by atoms with van der Waals surface area (Å²) in [5.74, 6) is -0.128. The van der Waals surface area contributed by atoms with Crippen molar-refractivity contribution in [2.75, 3.05) is 14.2 Å². The third kappa shape index (κ3) is 4.31. The number of allylic oxidation sites excluding steroid dienone is 1. The first-order valence-corrected chi connectivity index (χ1v) is 8.85. The van der Waals surface area contributed by atoms with Crippen molar-refractivity contribution in [3.63, 3.8) is 0 Å². The number of benzene rings is 2. The molecule has 29 heavy (non-hydrogen) atoms. The molecule has 152 valence electrons. The van der Waals surface area contributed by atoms with Gasteiger partial charge >= 0.3 is 12.0 Å². The molecule has 1 aliphatic rings. The molecule has 1 unspecified atom stereocenters. The third-order valence-corrected chi connectivity index (χ3v) is 4.54. The van der Waals surface area contributed by atoms with Crippen molar-refractivity contribution < 1.29 is 28.2 Å². The smallest absolute Gasteiger partial charge is 0.337 e. The Balaban J connectivity index is 1.89. The summed E-state index contributed by atoms with van der Waals surface area (Å²) in [4.78, 5) is 24.1. The normalized spacial score (nSPS) is 16.0. The van der Waals surface area contributed by atoms with Gasteiger partial charge in [-0.2, -0.15) is 0 Å². The highest BCUT2D eigenvalue weighted by Crippen LogP contribution is 2.35. The molecule has 0 aromatic heterocycles. The number of carbonyl (C=O) groups excluding carboxylic acids is 2. The number of amides is 2. The first-order valence-electron chi connectivity index (χ1n) is 8.85. The van der Waals surface area contributed by atoms with Crippen molar-refractivity contribution in [2.45, 2.75) is 19.6 Å². The van der Waals surface area contributed by atoms with Gasteiger partial charge in [0.25, 0.3) is 0 Å². The summed E-state index contributed by atoms with van der Waals surface area (Å²) < 4.78 is 29.7. The second-order valence-corrected chi connectivity index (χ2v) is 6.35. The molecule has 3 rings (SSSR count). The summed E-state index contributed by atoms with van der Waals surface area (Å²) in [5, 5.41) is 5.28. The van der Waals surface area contributed by atoms with Gasteiger partial charge in [-0.25, -0.2) is 14.0 Å². The second-order valence-electron chi connectivity index (χ2n) is 6.35.